The summed E-state index contributed by atoms with van der Waals surface area (Å²) in [6.07, 6.45) is 0. The number of nitrogens with zero attached hydrogens (tertiary/aromatic N) is 1. The monoisotopic (exact) mass is 383 g/mol. The molecule has 0 saturated carbocycles. The van der Waals surface area contributed by atoms with Gasteiger partial charge in [0.25, 0.3) is 10.0 Å². The maximum absolute atomic E-state index is 12.9. The van der Waals surface area contributed by atoms with Crippen molar-refractivity contribution in [2.75, 3.05) is 0 Å². The Kier molecular flexibility index (Phi) is 5.69. The van der Waals surface area contributed by atoms with E-state index in [0.29, 0.717) is 0 Å². The second kappa shape index (κ2) is 7.98. The Bertz CT molecular complexity index is 997. The third-order valence-corrected chi connectivity index (χ3v) is 8.08. The van der Waals surface area contributed by atoms with Crippen LogP contribution in [0, 0.1) is 6.92 Å². The summed E-state index contributed by atoms with van der Waals surface area (Å²) in [5.41, 5.74) is 2.09. The van der Waals surface area contributed by atoms with E-state index in [1.54, 1.807) is 24.3 Å². The quantitative estimate of drug-likeness (QED) is 0.600. The lowest BCUT2D eigenvalue weighted by Crippen LogP contribution is -2.07. The average molecular weight is 384 g/mol. The minimum absolute atomic E-state index is 0.0428. The van der Waals surface area contributed by atoms with Crippen LogP contribution in [0.25, 0.3) is 0 Å². The Morgan fingerprint density at radius 3 is 1.92 bits per heavy atom. The van der Waals surface area contributed by atoms with Gasteiger partial charge in [-0.2, -0.15) is 8.42 Å². The third kappa shape index (κ3) is 4.29. The van der Waals surface area contributed by atoms with E-state index in [1.807, 2.05) is 74.5 Å². The summed E-state index contributed by atoms with van der Waals surface area (Å²) >= 11 is 0. The van der Waals surface area contributed by atoms with Gasteiger partial charge in [0.1, 0.15) is 0 Å². The summed E-state index contributed by atoms with van der Waals surface area (Å²) in [6, 6.07) is 26.4. The first-order valence-corrected chi connectivity index (χ1v) is 11.0. The average Bonchev–Trinajstić information content (AvgIpc) is 2.67. The standard InChI is InChI=1S/C21H21NO2S2/c1-17-13-15-21(16-14-17)26(23,24)22-25(20-11-7-4-8-12-20)18(2)19-9-5-3-6-10-19/h3-16,18H,1-2H3. The normalized spacial score (nSPS) is 14.1. The van der Waals surface area contributed by atoms with Crippen LogP contribution in [0.3, 0.4) is 0 Å². The van der Waals surface area contributed by atoms with E-state index in [2.05, 4.69) is 3.77 Å². The highest BCUT2D eigenvalue weighted by atomic mass is 32.3. The molecule has 26 heavy (non-hydrogen) atoms. The zero-order chi connectivity index (χ0) is 18.6. The van der Waals surface area contributed by atoms with Crippen LogP contribution >= 0.6 is 0 Å². The summed E-state index contributed by atoms with van der Waals surface area (Å²) in [7, 11) is -4.56. The van der Waals surface area contributed by atoms with Crippen molar-refractivity contribution in [2.24, 2.45) is 3.77 Å². The van der Waals surface area contributed by atoms with Gasteiger partial charge in [0.05, 0.1) is 4.90 Å². The van der Waals surface area contributed by atoms with E-state index in [9.17, 15) is 8.42 Å². The molecule has 0 aromatic heterocycles. The Labute approximate surface area is 157 Å². The van der Waals surface area contributed by atoms with Crippen LogP contribution in [0.5, 0.6) is 0 Å². The molecule has 0 spiro atoms. The molecule has 0 heterocycles. The molecule has 0 fully saturated rings. The van der Waals surface area contributed by atoms with Gasteiger partial charge in [-0.3, -0.25) is 0 Å². The van der Waals surface area contributed by atoms with Crippen molar-refractivity contribution >= 4 is 20.7 Å². The zero-order valence-corrected chi connectivity index (χ0v) is 16.4. The number of sulfonamides is 1. The van der Waals surface area contributed by atoms with Crippen LogP contribution in [0.15, 0.2) is 98.5 Å². The summed E-state index contributed by atoms with van der Waals surface area (Å²) in [6.45, 7) is 3.96. The van der Waals surface area contributed by atoms with Gasteiger partial charge in [0.15, 0.2) is 0 Å². The molecule has 3 aromatic rings. The molecular formula is C21H21NO2S2. The first kappa shape index (κ1) is 18.5. The Morgan fingerprint density at radius 1 is 0.808 bits per heavy atom. The maximum atomic E-state index is 12.9. The molecule has 0 N–H and O–H groups in total. The minimum Gasteiger partial charge on any atom is -0.199 e. The van der Waals surface area contributed by atoms with E-state index in [1.165, 1.54) is 0 Å². The Hall–Kier alpha value is -2.24. The smallest absolute Gasteiger partial charge is 0.199 e. The third-order valence-electron chi connectivity index (χ3n) is 4.09. The van der Waals surface area contributed by atoms with Crippen molar-refractivity contribution < 1.29 is 8.42 Å². The summed E-state index contributed by atoms with van der Waals surface area (Å²) in [5, 5.41) is -0.0428. The molecule has 0 aliphatic heterocycles. The first-order chi connectivity index (χ1) is 12.5. The highest BCUT2D eigenvalue weighted by molar-refractivity contribution is 8.00. The number of hydrogen-bond donors (Lipinski definition) is 0. The molecule has 0 radical (unpaired) electrons. The topological polar surface area (TPSA) is 46.5 Å². The van der Waals surface area contributed by atoms with Gasteiger partial charge < -0.3 is 0 Å². The van der Waals surface area contributed by atoms with Crippen molar-refractivity contribution in [1.82, 2.24) is 0 Å². The van der Waals surface area contributed by atoms with Gasteiger partial charge in [0.2, 0.25) is 0 Å². The SMILES string of the molecule is Cc1ccc(S(=O)(=O)/N=S(\c2ccccc2)C(C)c2ccccc2)cc1. The molecule has 3 nitrogen and oxygen atoms in total. The van der Waals surface area contributed by atoms with Crippen LogP contribution in [0.1, 0.15) is 23.3 Å². The highest BCUT2D eigenvalue weighted by Gasteiger charge is 2.19. The number of rotatable bonds is 5. The molecular weight excluding hydrogens is 362 g/mol. The molecule has 0 bridgehead atoms. The minimum atomic E-state index is -3.74. The van der Waals surface area contributed by atoms with Crippen molar-refractivity contribution in [2.45, 2.75) is 28.9 Å². The molecule has 0 aliphatic carbocycles. The summed E-state index contributed by atoms with van der Waals surface area (Å²) in [5.74, 6) is 0. The van der Waals surface area contributed by atoms with E-state index in [-0.39, 0.29) is 10.1 Å². The molecule has 0 aliphatic rings. The van der Waals surface area contributed by atoms with Crippen LogP contribution in [0.4, 0.5) is 0 Å². The summed E-state index contributed by atoms with van der Waals surface area (Å²) in [4.78, 5) is 1.15. The van der Waals surface area contributed by atoms with E-state index >= 15 is 0 Å². The van der Waals surface area contributed by atoms with Crippen LogP contribution in [0.2, 0.25) is 0 Å². The molecule has 2 unspecified atom stereocenters. The number of hydrogen-bond acceptors (Lipinski definition) is 2. The second-order valence-electron chi connectivity index (χ2n) is 6.04. The first-order valence-electron chi connectivity index (χ1n) is 8.35. The predicted octanol–water partition coefficient (Wildman–Crippen LogP) is 5.31. The fraction of sp³-hybridized carbons (Fsp3) is 0.143. The predicted molar refractivity (Wildman–Crippen MR) is 108 cm³/mol. The van der Waals surface area contributed by atoms with Gasteiger partial charge in [-0.05, 0) is 54.4 Å². The van der Waals surface area contributed by atoms with Crippen LogP contribution < -0.4 is 0 Å². The highest BCUT2D eigenvalue weighted by Crippen LogP contribution is 2.29. The molecule has 0 amide bonds. The van der Waals surface area contributed by atoms with Gasteiger partial charge in [-0.25, -0.2) is 0 Å². The Morgan fingerprint density at radius 2 is 1.35 bits per heavy atom. The van der Waals surface area contributed by atoms with E-state index < -0.39 is 20.7 Å². The lowest BCUT2D eigenvalue weighted by atomic mass is 10.2. The fourth-order valence-electron chi connectivity index (χ4n) is 2.58. The molecule has 3 aromatic carbocycles. The van der Waals surface area contributed by atoms with Gasteiger partial charge in [-0.1, -0.05) is 66.2 Å². The van der Waals surface area contributed by atoms with Crippen molar-refractivity contribution in [3.63, 3.8) is 0 Å². The van der Waals surface area contributed by atoms with Crippen molar-refractivity contribution in [3.05, 3.63) is 96.1 Å². The fourth-order valence-corrected chi connectivity index (χ4v) is 6.37. The zero-order valence-electron chi connectivity index (χ0n) is 14.7. The van der Waals surface area contributed by atoms with Crippen molar-refractivity contribution in [3.8, 4) is 0 Å². The number of benzene rings is 3. The van der Waals surface area contributed by atoms with E-state index in [4.69, 9.17) is 0 Å². The largest absolute Gasteiger partial charge is 0.288 e. The maximum Gasteiger partial charge on any atom is 0.288 e. The van der Waals surface area contributed by atoms with Gasteiger partial charge in [0, 0.05) is 10.1 Å². The second-order valence-corrected chi connectivity index (χ2v) is 9.87. The Balaban J connectivity index is 2.11. The molecule has 134 valence electrons. The molecule has 3 rings (SSSR count). The van der Waals surface area contributed by atoms with Gasteiger partial charge in [-0.15, -0.1) is 3.77 Å². The van der Waals surface area contributed by atoms with Gasteiger partial charge >= 0.3 is 0 Å². The summed E-state index contributed by atoms with van der Waals surface area (Å²) < 4.78 is 30.2. The molecule has 0 saturated heterocycles. The van der Waals surface area contributed by atoms with Crippen molar-refractivity contribution in [1.29, 1.82) is 0 Å². The van der Waals surface area contributed by atoms with Crippen LogP contribution in [-0.2, 0) is 20.7 Å². The molecule has 5 heteroatoms. The van der Waals surface area contributed by atoms with Crippen LogP contribution in [-0.4, -0.2) is 8.42 Å². The number of aryl methyl sites for hydroxylation is 1. The van der Waals surface area contributed by atoms with E-state index in [0.717, 1.165) is 16.0 Å². The molecule has 2 atom stereocenters. The lowest BCUT2D eigenvalue weighted by Gasteiger charge is -2.17. The lowest BCUT2D eigenvalue weighted by molar-refractivity contribution is 0.598.